The quantitative estimate of drug-likeness (QED) is 0.839. The van der Waals surface area contributed by atoms with Crippen LogP contribution in [0.4, 0.5) is 8.78 Å². The third kappa shape index (κ3) is 1.68. The molecule has 2 aliphatic rings. The molecule has 1 aromatic carbocycles. The van der Waals surface area contributed by atoms with Crippen molar-refractivity contribution in [3.63, 3.8) is 0 Å². The van der Waals surface area contributed by atoms with Gasteiger partial charge in [0.15, 0.2) is 0 Å². The first-order chi connectivity index (χ1) is 8.09. The van der Waals surface area contributed by atoms with Crippen LogP contribution in [-0.4, -0.2) is 0 Å². The lowest BCUT2D eigenvalue weighted by Crippen LogP contribution is -2.17. The molecule has 3 atom stereocenters. The summed E-state index contributed by atoms with van der Waals surface area (Å²) >= 11 is 0. The Hall–Kier alpha value is -0.960. The van der Waals surface area contributed by atoms with Crippen molar-refractivity contribution in [1.29, 1.82) is 0 Å². The van der Waals surface area contributed by atoms with Gasteiger partial charge in [-0.05, 0) is 55.2 Å². The molecule has 2 aliphatic carbocycles. The average molecular weight is 237 g/mol. The predicted molar refractivity (Wildman–Crippen MR) is 62.3 cm³/mol. The smallest absolute Gasteiger partial charge is 0.128 e. The van der Waals surface area contributed by atoms with Crippen LogP contribution in [-0.2, 0) is 0 Å². The monoisotopic (exact) mass is 237 g/mol. The number of benzene rings is 1. The van der Waals surface area contributed by atoms with E-state index >= 15 is 0 Å². The van der Waals surface area contributed by atoms with Crippen LogP contribution in [0.3, 0.4) is 0 Å². The Morgan fingerprint density at radius 2 is 1.82 bits per heavy atom. The van der Waals surface area contributed by atoms with Crippen molar-refractivity contribution in [2.75, 3.05) is 0 Å². The first-order valence-electron chi connectivity index (χ1n) is 6.30. The van der Waals surface area contributed by atoms with Crippen molar-refractivity contribution in [3.8, 4) is 0 Å². The molecular formula is C14H17F2N. The van der Waals surface area contributed by atoms with Gasteiger partial charge in [0.2, 0.25) is 0 Å². The largest absolute Gasteiger partial charge is 0.324 e. The second-order valence-electron chi connectivity index (χ2n) is 5.48. The lowest BCUT2D eigenvalue weighted by Gasteiger charge is -2.15. The van der Waals surface area contributed by atoms with Crippen LogP contribution < -0.4 is 5.73 Å². The molecule has 0 amide bonds. The normalized spacial score (nSPS) is 32.4. The van der Waals surface area contributed by atoms with E-state index in [1.165, 1.54) is 31.4 Å². The lowest BCUT2D eigenvalue weighted by atomic mass is 9.96. The first kappa shape index (κ1) is 11.1. The van der Waals surface area contributed by atoms with Gasteiger partial charge >= 0.3 is 0 Å². The fourth-order valence-corrected chi connectivity index (χ4v) is 3.53. The summed E-state index contributed by atoms with van der Waals surface area (Å²) in [4.78, 5) is 0. The number of aryl methyl sites for hydroxylation is 1. The first-order valence-corrected chi connectivity index (χ1v) is 6.30. The Bertz CT molecular complexity index is 448. The van der Waals surface area contributed by atoms with Crippen molar-refractivity contribution in [2.24, 2.45) is 23.5 Å². The maximum Gasteiger partial charge on any atom is 0.128 e. The third-order valence-electron chi connectivity index (χ3n) is 4.52. The Morgan fingerprint density at radius 3 is 2.47 bits per heavy atom. The van der Waals surface area contributed by atoms with E-state index in [-0.39, 0.29) is 17.7 Å². The summed E-state index contributed by atoms with van der Waals surface area (Å²) in [6.45, 7) is 1.57. The van der Waals surface area contributed by atoms with Gasteiger partial charge in [0, 0.05) is 11.6 Å². The maximum absolute atomic E-state index is 13.8. The van der Waals surface area contributed by atoms with Crippen molar-refractivity contribution >= 4 is 0 Å². The zero-order chi connectivity index (χ0) is 12.2. The number of halogens is 2. The van der Waals surface area contributed by atoms with Gasteiger partial charge in [0.25, 0.3) is 0 Å². The molecule has 17 heavy (non-hydrogen) atoms. The van der Waals surface area contributed by atoms with E-state index in [0.29, 0.717) is 28.9 Å². The molecule has 2 fully saturated rings. The zero-order valence-corrected chi connectivity index (χ0v) is 9.92. The summed E-state index contributed by atoms with van der Waals surface area (Å²) in [5, 5.41) is 0. The molecule has 0 spiro atoms. The number of fused-ring (bicyclic) bond motifs is 1. The number of rotatable bonds is 2. The van der Waals surface area contributed by atoms with Gasteiger partial charge in [-0.2, -0.15) is 0 Å². The predicted octanol–water partition coefficient (Wildman–Crippen LogP) is 3.32. The van der Waals surface area contributed by atoms with E-state index in [0.717, 1.165) is 0 Å². The molecule has 1 aromatic rings. The molecule has 2 saturated carbocycles. The average Bonchev–Trinajstić information content (AvgIpc) is 2.76. The van der Waals surface area contributed by atoms with Crippen LogP contribution >= 0.6 is 0 Å². The van der Waals surface area contributed by atoms with Crippen LogP contribution in [0.5, 0.6) is 0 Å². The highest BCUT2D eigenvalue weighted by molar-refractivity contribution is 5.29. The molecule has 92 valence electrons. The molecule has 2 N–H and O–H groups in total. The minimum atomic E-state index is -0.360. The highest BCUT2D eigenvalue weighted by atomic mass is 19.1. The Balaban J connectivity index is 1.87. The number of hydrogen-bond acceptors (Lipinski definition) is 1. The van der Waals surface area contributed by atoms with Crippen LogP contribution in [0.1, 0.15) is 36.4 Å². The summed E-state index contributed by atoms with van der Waals surface area (Å²) < 4.78 is 27.3. The summed E-state index contributed by atoms with van der Waals surface area (Å²) in [6.07, 6.45) is 3.68. The topological polar surface area (TPSA) is 26.0 Å². The minimum absolute atomic E-state index is 0.333. The van der Waals surface area contributed by atoms with E-state index in [9.17, 15) is 8.78 Å². The summed E-state index contributed by atoms with van der Waals surface area (Å²) in [7, 11) is 0. The standard InChI is InChI=1S/C14H17F2N/c1-7-5-12(16)10(6-11(7)15)14(17)13-8-3-2-4-9(8)13/h5-6,8-9,13-14H,2-4,17H2,1H3. The van der Waals surface area contributed by atoms with E-state index < -0.39 is 0 Å². The van der Waals surface area contributed by atoms with E-state index in [2.05, 4.69) is 0 Å². The Morgan fingerprint density at radius 1 is 1.18 bits per heavy atom. The van der Waals surface area contributed by atoms with E-state index in [1.807, 2.05) is 0 Å². The molecule has 1 nitrogen and oxygen atoms in total. The minimum Gasteiger partial charge on any atom is -0.324 e. The van der Waals surface area contributed by atoms with Crippen molar-refractivity contribution in [2.45, 2.75) is 32.2 Å². The fourth-order valence-electron chi connectivity index (χ4n) is 3.53. The summed E-state index contributed by atoms with van der Waals surface area (Å²) in [5.74, 6) is 0.979. The molecular weight excluding hydrogens is 220 g/mol. The second kappa shape index (κ2) is 3.77. The van der Waals surface area contributed by atoms with Crippen LogP contribution in [0.2, 0.25) is 0 Å². The fraction of sp³-hybridized carbons (Fsp3) is 0.571. The highest BCUT2D eigenvalue weighted by Gasteiger charge is 2.55. The van der Waals surface area contributed by atoms with Gasteiger partial charge in [0.1, 0.15) is 11.6 Å². The molecule has 0 heterocycles. The molecule has 0 bridgehead atoms. The van der Waals surface area contributed by atoms with Gasteiger partial charge in [0.05, 0.1) is 0 Å². The molecule has 3 rings (SSSR count). The van der Waals surface area contributed by atoms with Gasteiger partial charge in [-0.25, -0.2) is 8.78 Å². The van der Waals surface area contributed by atoms with Crippen molar-refractivity contribution < 1.29 is 8.78 Å². The molecule has 3 unspecified atom stereocenters. The van der Waals surface area contributed by atoms with Gasteiger partial charge in [-0.1, -0.05) is 6.42 Å². The van der Waals surface area contributed by atoms with E-state index in [4.69, 9.17) is 5.73 Å². The SMILES string of the molecule is Cc1cc(F)c(C(N)C2C3CCCC32)cc1F. The van der Waals surface area contributed by atoms with Crippen LogP contribution in [0.15, 0.2) is 12.1 Å². The number of hydrogen-bond donors (Lipinski definition) is 1. The molecule has 0 aromatic heterocycles. The van der Waals surface area contributed by atoms with Crippen LogP contribution in [0, 0.1) is 36.3 Å². The van der Waals surface area contributed by atoms with Crippen molar-refractivity contribution in [3.05, 3.63) is 34.9 Å². The maximum atomic E-state index is 13.8. The second-order valence-corrected chi connectivity index (χ2v) is 5.48. The van der Waals surface area contributed by atoms with Gasteiger partial charge in [-0.3, -0.25) is 0 Å². The zero-order valence-electron chi connectivity index (χ0n) is 9.92. The Labute approximate surface area is 100 Å². The number of nitrogens with two attached hydrogens (primary N) is 1. The lowest BCUT2D eigenvalue weighted by molar-refractivity contribution is 0.475. The summed E-state index contributed by atoms with van der Waals surface area (Å²) in [6, 6.07) is 2.20. The van der Waals surface area contributed by atoms with Gasteiger partial charge < -0.3 is 5.73 Å². The van der Waals surface area contributed by atoms with Crippen LogP contribution in [0.25, 0.3) is 0 Å². The molecule has 0 aliphatic heterocycles. The molecule has 0 radical (unpaired) electrons. The summed E-state index contributed by atoms with van der Waals surface area (Å²) in [5.41, 5.74) is 6.80. The highest BCUT2D eigenvalue weighted by Crippen LogP contribution is 2.61. The molecule has 0 saturated heterocycles. The third-order valence-corrected chi connectivity index (χ3v) is 4.52. The Kier molecular flexibility index (Phi) is 2.47. The van der Waals surface area contributed by atoms with Gasteiger partial charge in [-0.15, -0.1) is 0 Å². The van der Waals surface area contributed by atoms with E-state index in [1.54, 1.807) is 6.92 Å². The molecule has 3 heteroatoms. The van der Waals surface area contributed by atoms with Crippen molar-refractivity contribution in [1.82, 2.24) is 0 Å².